The van der Waals surface area contributed by atoms with Crippen molar-refractivity contribution in [3.05, 3.63) is 81.5 Å². The minimum absolute atomic E-state index is 0.0888. The molecule has 1 aliphatic heterocycles. The highest BCUT2D eigenvalue weighted by Crippen LogP contribution is 2.53. The summed E-state index contributed by atoms with van der Waals surface area (Å²) in [7, 11) is 1.80. The zero-order chi connectivity index (χ0) is 24.9. The Morgan fingerprint density at radius 2 is 2.11 bits per heavy atom. The summed E-state index contributed by atoms with van der Waals surface area (Å²) in [5, 5.41) is 0.219. The van der Waals surface area contributed by atoms with Crippen molar-refractivity contribution in [2.24, 2.45) is 12.5 Å². The van der Waals surface area contributed by atoms with Gasteiger partial charge in [-0.3, -0.25) is 9.47 Å². The molecule has 2 aromatic heterocycles. The molecule has 4 aromatic rings. The van der Waals surface area contributed by atoms with E-state index in [9.17, 15) is 9.18 Å². The van der Waals surface area contributed by atoms with Crippen molar-refractivity contribution in [3.63, 3.8) is 0 Å². The van der Waals surface area contributed by atoms with Gasteiger partial charge in [-0.05, 0) is 73.5 Å². The maximum Gasteiger partial charge on any atom is 0.326 e. The van der Waals surface area contributed by atoms with Gasteiger partial charge >= 0.3 is 5.69 Å². The van der Waals surface area contributed by atoms with Crippen LogP contribution in [-0.4, -0.2) is 37.5 Å². The third kappa shape index (κ3) is 4.29. The van der Waals surface area contributed by atoms with E-state index in [0.29, 0.717) is 11.5 Å². The number of H-pyrrole nitrogens is 1. The molecule has 1 saturated carbocycles. The second-order valence-electron chi connectivity index (χ2n) is 10.2. The maximum atomic E-state index is 13.5. The molecule has 2 aliphatic rings. The van der Waals surface area contributed by atoms with Gasteiger partial charge in [-0.1, -0.05) is 17.7 Å². The lowest BCUT2D eigenvalue weighted by atomic mass is 9.84. The number of aryl methyl sites for hydroxylation is 1. The highest BCUT2D eigenvalue weighted by molar-refractivity contribution is 6.32. The van der Waals surface area contributed by atoms with Gasteiger partial charge in [-0.2, -0.15) is 0 Å². The summed E-state index contributed by atoms with van der Waals surface area (Å²) in [6.45, 7) is 2.96. The Balaban J connectivity index is 1.16. The SMILES string of the molecule is Cn1c(=O)[nH]c2ccc(CN3CCC4(CCC(c5ncncc5Oc5ccc(F)cc5Cl)C4)C3)cc21. The van der Waals surface area contributed by atoms with Crippen LogP contribution in [0.1, 0.15) is 42.9 Å². The molecule has 2 fully saturated rings. The molecule has 1 spiro atoms. The van der Waals surface area contributed by atoms with Gasteiger partial charge < -0.3 is 9.72 Å². The number of imidazole rings is 1. The van der Waals surface area contributed by atoms with Crippen molar-refractivity contribution in [2.45, 2.75) is 38.1 Å². The van der Waals surface area contributed by atoms with E-state index in [1.807, 2.05) is 6.07 Å². The Bertz CT molecular complexity index is 1500. The molecule has 6 rings (SSSR count). The molecule has 2 aromatic carbocycles. The Morgan fingerprint density at radius 3 is 2.97 bits per heavy atom. The molecule has 186 valence electrons. The van der Waals surface area contributed by atoms with Crippen LogP contribution in [0.5, 0.6) is 11.5 Å². The highest BCUT2D eigenvalue weighted by Gasteiger charge is 2.45. The van der Waals surface area contributed by atoms with E-state index in [1.54, 1.807) is 24.1 Å². The average Bonchev–Trinajstić information content (AvgIpc) is 3.54. The third-order valence-corrected chi connectivity index (χ3v) is 8.10. The van der Waals surface area contributed by atoms with Crippen LogP contribution in [-0.2, 0) is 13.6 Å². The molecular weight excluding hydrogens is 481 g/mol. The fourth-order valence-electron chi connectivity index (χ4n) is 5.99. The molecule has 7 nitrogen and oxygen atoms in total. The Hall–Kier alpha value is -3.23. The van der Waals surface area contributed by atoms with Crippen LogP contribution in [0.4, 0.5) is 4.39 Å². The second-order valence-corrected chi connectivity index (χ2v) is 10.6. The van der Waals surface area contributed by atoms with Crippen LogP contribution >= 0.6 is 11.6 Å². The van der Waals surface area contributed by atoms with Crippen LogP contribution < -0.4 is 10.4 Å². The zero-order valence-corrected chi connectivity index (χ0v) is 20.8. The number of likely N-dealkylation sites (tertiary alicyclic amines) is 1. The molecule has 3 heterocycles. The molecule has 0 bridgehead atoms. The number of aromatic nitrogens is 4. The van der Waals surface area contributed by atoms with Crippen LogP contribution in [0.2, 0.25) is 5.02 Å². The van der Waals surface area contributed by atoms with Crippen molar-refractivity contribution in [2.75, 3.05) is 13.1 Å². The summed E-state index contributed by atoms with van der Waals surface area (Å²) >= 11 is 6.18. The van der Waals surface area contributed by atoms with Gasteiger partial charge in [-0.25, -0.2) is 19.2 Å². The molecule has 1 saturated heterocycles. The third-order valence-electron chi connectivity index (χ3n) is 7.80. The van der Waals surface area contributed by atoms with Gasteiger partial charge in [0.15, 0.2) is 5.75 Å². The quantitative estimate of drug-likeness (QED) is 0.391. The van der Waals surface area contributed by atoms with E-state index >= 15 is 0 Å². The monoisotopic (exact) mass is 507 g/mol. The minimum atomic E-state index is -0.405. The first kappa shape index (κ1) is 23.2. The molecule has 2 unspecified atom stereocenters. The lowest BCUT2D eigenvalue weighted by Gasteiger charge is -2.25. The predicted octanol–water partition coefficient (Wildman–Crippen LogP) is 5.40. The Morgan fingerprint density at radius 1 is 1.22 bits per heavy atom. The van der Waals surface area contributed by atoms with Crippen molar-refractivity contribution in [3.8, 4) is 11.5 Å². The van der Waals surface area contributed by atoms with E-state index < -0.39 is 5.82 Å². The molecule has 9 heteroatoms. The number of nitrogens with zero attached hydrogens (tertiary/aromatic N) is 4. The van der Waals surface area contributed by atoms with Gasteiger partial charge in [0, 0.05) is 26.1 Å². The van der Waals surface area contributed by atoms with E-state index in [-0.39, 0.29) is 22.0 Å². The zero-order valence-electron chi connectivity index (χ0n) is 20.0. The summed E-state index contributed by atoms with van der Waals surface area (Å²) in [5.74, 6) is 0.837. The first-order valence-corrected chi connectivity index (χ1v) is 12.6. The van der Waals surface area contributed by atoms with Gasteiger partial charge in [0.25, 0.3) is 0 Å². The van der Waals surface area contributed by atoms with Crippen LogP contribution in [0.25, 0.3) is 11.0 Å². The number of benzene rings is 2. The summed E-state index contributed by atoms with van der Waals surface area (Å²) in [6, 6.07) is 10.3. The van der Waals surface area contributed by atoms with E-state index in [2.05, 4.69) is 32.0 Å². The number of nitrogens with one attached hydrogen (secondary N) is 1. The van der Waals surface area contributed by atoms with Crippen LogP contribution in [0.3, 0.4) is 0 Å². The number of aromatic amines is 1. The number of hydrogen-bond donors (Lipinski definition) is 1. The van der Waals surface area contributed by atoms with E-state index in [1.165, 1.54) is 23.8 Å². The summed E-state index contributed by atoms with van der Waals surface area (Å²) < 4.78 is 21.2. The van der Waals surface area contributed by atoms with Crippen molar-refractivity contribution >= 4 is 22.6 Å². The molecule has 0 amide bonds. The number of hydrogen-bond acceptors (Lipinski definition) is 5. The smallest absolute Gasteiger partial charge is 0.326 e. The van der Waals surface area contributed by atoms with E-state index in [0.717, 1.165) is 62.0 Å². The van der Waals surface area contributed by atoms with Crippen molar-refractivity contribution < 1.29 is 9.13 Å². The largest absolute Gasteiger partial charge is 0.452 e. The number of halogens is 2. The first-order chi connectivity index (χ1) is 17.4. The van der Waals surface area contributed by atoms with E-state index in [4.69, 9.17) is 16.3 Å². The fraction of sp³-hybridized carbons (Fsp3) is 0.370. The standard InChI is InChI=1S/C27H27ClFN5O2/c1-33-22-10-17(2-4-21(22)32-26(33)35)14-34-9-8-27(15-34)7-6-18(12-27)25-24(13-30-16-31-25)36-23-5-3-19(29)11-20(23)28/h2-5,10-11,13,16,18H,6-9,12,14-15H2,1H3,(H,32,35). The van der Waals surface area contributed by atoms with Crippen molar-refractivity contribution in [1.82, 2.24) is 24.4 Å². The van der Waals surface area contributed by atoms with Crippen LogP contribution in [0.15, 0.2) is 53.7 Å². The molecule has 36 heavy (non-hydrogen) atoms. The second kappa shape index (κ2) is 9.01. The normalized spacial score (nSPS) is 22.1. The van der Waals surface area contributed by atoms with Gasteiger partial charge in [-0.15, -0.1) is 0 Å². The lowest BCUT2D eigenvalue weighted by molar-refractivity contribution is 0.253. The first-order valence-electron chi connectivity index (χ1n) is 12.2. The molecule has 1 aliphatic carbocycles. The summed E-state index contributed by atoms with van der Waals surface area (Å²) in [5.41, 5.74) is 4.07. The maximum absolute atomic E-state index is 13.5. The summed E-state index contributed by atoms with van der Waals surface area (Å²) in [4.78, 5) is 26.1. The molecule has 1 N–H and O–H groups in total. The molecule has 2 atom stereocenters. The minimum Gasteiger partial charge on any atom is -0.452 e. The Labute approximate surface area is 212 Å². The van der Waals surface area contributed by atoms with Gasteiger partial charge in [0.05, 0.1) is 27.9 Å². The number of rotatable bonds is 5. The van der Waals surface area contributed by atoms with Crippen LogP contribution in [0, 0.1) is 11.2 Å². The Kier molecular flexibility index (Phi) is 5.80. The summed E-state index contributed by atoms with van der Waals surface area (Å²) in [6.07, 6.45) is 7.60. The molecular formula is C27H27ClFN5O2. The lowest BCUT2D eigenvalue weighted by Crippen LogP contribution is -2.25. The topological polar surface area (TPSA) is 76.0 Å². The predicted molar refractivity (Wildman–Crippen MR) is 136 cm³/mol. The number of ether oxygens (including phenoxy) is 1. The highest BCUT2D eigenvalue weighted by atomic mass is 35.5. The van der Waals surface area contributed by atoms with Gasteiger partial charge in [0.2, 0.25) is 0 Å². The average molecular weight is 508 g/mol. The fourth-order valence-corrected chi connectivity index (χ4v) is 6.19. The number of fused-ring (bicyclic) bond motifs is 1. The van der Waals surface area contributed by atoms with Gasteiger partial charge in [0.1, 0.15) is 17.9 Å². The van der Waals surface area contributed by atoms with Crippen molar-refractivity contribution in [1.29, 1.82) is 0 Å². The molecule has 0 radical (unpaired) electrons.